The monoisotopic (exact) mass is 481 g/mol. The fourth-order valence-corrected chi connectivity index (χ4v) is 4.10. The van der Waals surface area contributed by atoms with Crippen molar-refractivity contribution in [1.82, 2.24) is 10.6 Å². The maximum absolute atomic E-state index is 13.2. The van der Waals surface area contributed by atoms with Gasteiger partial charge >= 0.3 is 0 Å². The minimum Gasteiger partial charge on any atom is -0.394 e. The Morgan fingerprint density at radius 3 is 2.09 bits per heavy atom. The number of aliphatic hydroxyl groups is 4. The van der Waals surface area contributed by atoms with E-state index in [1.165, 1.54) is 0 Å². The third kappa shape index (κ3) is 6.30. The molecule has 0 bridgehead atoms. The van der Waals surface area contributed by atoms with Crippen molar-refractivity contribution in [3.05, 3.63) is 27.8 Å². The first-order chi connectivity index (χ1) is 16.2. The highest BCUT2D eigenvalue weighted by Gasteiger charge is 2.31. The number of anilines is 1. The van der Waals surface area contributed by atoms with Gasteiger partial charge in [-0.1, -0.05) is 6.92 Å². The van der Waals surface area contributed by atoms with Gasteiger partial charge in [-0.25, -0.2) is 0 Å². The molecule has 1 saturated heterocycles. The fraction of sp³-hybridized carbons (Fsp3) is 0.609. The lowest BCUT2D eigenvalue weighted by Gasteiger charge is -2.29. The summed E-state index contributed by atoms with van der Waals surface area (Å²) in [6.07, 6.45) is -1.33. The number of nitrogens with zero attached hydrogens (tertiary/aromatic N) is 1. The number of benzene rings is 1. The van der Waals surface area contributed by atoms with Gasteiger partial charge in [0.05, 0.1) is 31.1 Å². The number of aliphatic hydroxyl groups excluding tert-OH is 4. The summed E-state index contributed by atoms with van der Waals surface area (Å²) in [7, 11) is 0. The Hall–Kier alpha value is -2.57. The molecule has 1 aromatic rings. The molecule has 0 saturated carbocycles. The van der Waals surface area contributed by atoms with E-state index in [2.05, 4.69) is 10.6 Å². The topological polar surface area (TPSA) is 169 Å². The molecule has 2 atom stereocenters. The lowest BCUT2D eigenvalue weighted by Crippen LogP contribution is -2.39. The van der Waals surface area contributed by atoms with Crippen LogP contribution in [0.1, 0.15) is 50.8 Å². The molecule has 1 fully saturated rings. The number of rotatable bonds is 10. The maximum atomic E-state index is 13.2. The quantitative estimate of drug-likeness (QED) is 0.242. The van der Waals surface area contributed by atoms with Crippen molar-refractivity contribution in [3.8, 4) is 0 Å². The van der Waals surface area contributed by atoms with Gasteiger partial charge in [-0.3, -0.25) is 14.4 Å². The zero-order valence-corrected chi connectivity index (χ0v) is 19.9. The average Bonchev–Trinajstić information content (AvgIpc) is 3.04. The molecule has 1 aliphatic heterocycles. The molecular formula is C23H35N3O8. The minimum atomic E-state index is -1.15. The highest BCUT2D eigenvalue weighted by Crippen LogP contribution is 2.36. The van der Waals surface area contributed by atoms with Gasteiger partial charge in [0.2, 0.25) is 0 Å². The first kappa shape index (κ1) is 27.7. The number of carbonyl (C=O) groups excluding carboxylic acids is 3. The van der Waals surface area contributed by atoms with Crippen molar-refractivity contribution in [3.63, 3.8) is 0 Å². The SMILES string of the molecule is CCc1c(C(=O)NCC(O)CO)c(C)c(C(=O)NCC(O)CO)c(C)c1N1CCCOCC1=O. The summed E-state index contributed by atoms with van der Waals surface area (Å²) in [5, 5.41) is 42.6. The van der Waals surface area contributed by atoms with Crippen LogP contribution in [-0.4, -0.2) is 96.4 Å². The Morgan fingerprint density at radius 1 is 1.00 bits per heavy atom. The van der Waals surface area contributed by atoms with E-state index in [0.29, 0.717) is 48.4 Å². The van der Waals surface area contributed by atoms with E-state index in [1.807, 2.05) is 6.92 Å². The summed E-state index contributed by atoms with van der Waals surface area (Å²) in [4.78, 5) is 40.8. The first-order valence-electron chi connectivity index (χ1n) is 11.4. The third-order valence-electron chi connectivity index (χ3n) is 5.76. The van der Waals surface area contributed by atoms with Crippen LogP contribution in [0.25, 0.3) is 0 Å². The molecule has 0 aromatic heterocycles. The van der Waals surface area contributed by atoms with Gasteiger partial charge < -0.3 is 40.7 Å². The summed E-state index contributed by atoms with van der Waals surface area (Å²) in [5.74, 6) is -1.40. The Labute approximate surface area is 198 Å². The summed E-state index contributed by atoms with van der Waals surface area (Å²) in [5.41, 5.74) is 2.32. The zero-order chi connectivity index (χ0) is 25.4. The van der Waals surface area contributed by atoms with E-state index < -0.39 is 37.2 Å². The number of nitrogens with one attached hydrogen (secondary N) is 2. The molecule has 6 N–H and O–H groups in total. The number of ether oxygens (including phenoxy) is 1. The number of carbonyl (C=O) groups is 3. The van der Waals surface area contributed by atoms with Crippen LogP contribution >= 0.6 is 0 Å². The van der Waals surface area contributed by atoms with Gasteiger partial charge in [0, 0.05) is 37.4 Å². The largest absolute Gasteiger partial charge is 0.394 e. The Kier molecular flexibility index (Phi) is 10.4. The second kappa shape index (κ2) is 12.8. The standard InChI is InChI=1S/C23H35N3O8/c1-4-17-20(23(33)25-9-16(30)11-28)13(2)19(22(32)24-8-15(29)10-27)14(3)21(17)26-6-5-7-34-12-18(26)31/h15-16,27-30H,4-12H2,1-3H3,(H,24,32)(H,25,33). The van der Waals surface area contributed by atoms with E-state index in [4.69, 9.17) is 14.9 Å². The van der Waals surface area contributed by atoms with E-state index in [0.717, 1.165) is 0 Å². The molecule has 11 nitrogen and oxygen atoms in total. The van der Waals surface area contributed by atoms with E-state index in [1.54, 1.807) is 18.7 Å². The van der Waals surface area contributed by atoms with Crippen LogP contribution in [0.4, 0.5) is 5.69 Å². The molecule has 3 amide bonds. The molecule has 0 spiro atoms. The van der Waals surface area contributed by atoms with E-state index in [-0.39, 0.29) is 36.7 Å². The van der Waals surface area contributed by atoms with E-state index in [9.17, 15) is 24.6 Å². The molecule has 2 rings (SSSR count). The Bertz CT molecular complexity index is 905. The zero-order valence-electron chi connectivity index (χ0n) is 19.9. The van der Waals surface area contributed by atoms with Crippen molar-refractivity contribution in [2.45, 2.75) is 45.8 Å². The summed E-state index contributed by atoms with van der Waals surface area (Å²) in [6, 6.07) is 0. The van der Waals surface area contributed by atoms with Crippen molar-refractivity contribution in [2.75, 3.05) is 51.0 Å². The first-order valence-corrected chi connectivity index (χ1v) is 11.4. The molecule has 0 aliphatic carbocycles. The number of hydrogen-bond donors (Lipinski definition) is 6. The summed E-state index contributed by atoms with van der Waals surface area (Å²) < 4.78 is 5.35. The lowest BCUT2D eigenvalue weighted by atomic mass is 9.87. The summed E-state index contributed by atoms with van der Waals surface area (Å²) >= 11 is 0. The van der Waals surface area contributed by atoms with Crippen LogP contribution < -0.4 is 15.5 Å². The highest BCUT2D eigenvalue weighted by molar-refractivity contribution is 6.08. The molecule has 1 heterocycles. The van der Waals surface area contributed by atoms with Crippen molar-refractivity contribution in [2.24, 2.45) is 0 Å². The van der Waals surface area contributed by atoms with Crippen LogP contribution in [0.2, 0.25) is 0 Å². The molecule has 1 aliphatic rings. The van der Waals surface area contributed by atoms with Gasteiger partial charge in [0.25, 0.3) is 17.7 Å². The second-order valence-corrected chi connectivity index (χ2v) is 8.23. The van der Waals surface area contributed by atoms with Crippen LogP contribution in [0.15, 0.2) is 0 Å². The predicted octanol–water partition coefficient (Wildman–Crippen LogP) is -1.21. The van der Waals surface area contributed by atoms with Crippen LogP contribution in [-0.2, 0) is 16.0 Å². The molecule has 0 radical (unpaired) electrons. The Morgan fingerprint density at radius 2 is 1.56 bits per heavy atom. The van der Waals surface area contributed by atoms with Gasteiger partial charge in [-0.05, 0) is 43.4 Å². The maximum Gasteiger partial charge on any atom is 0.252 e. The van der Waals surface area contributed by atoms with Crippen LogP contribution in [0.5, 0.6) is 0 Å². The minimum absolute atomic E-state index is 0.120. The van der Waals surface area contributed by atoms with Crippen molar-refractivity contribution >= 4 is 23.4 Å². The molecule has 34 heavy (non-hydrogen) atoms. The predicted molar refractivity (Wildman–Crippen MR) is 124 cm³/mol. The van der Waals surface area contributed by atoms with Crippen molar-refractivity contribution < 1.29 is 39.5 Å². The molecular weight excluding hydrogens is 446 g/mol. The van der Waals surface area contributed by atoms with Crippen molar-refractivity contribution in [1.29, 1.82) is 0 Å². The fourth-order valence-electron chi connectivity index (χ4n) is 4.10. The van der Waals surface area contributed by atoms with E-state index >= 15 is 0 Å². The lowest BCUT2D eigenvalue weighted by molar-refractivity contribution is -0.122. The number of hydrogen-bond acceptors (Lipinski definition) is 8. The summed E-state index contributed by atoms with van der Waals surface area (Å²) in [6.45, 7) is 4.37. The Balaban J connectivity index is 2.68. The van der Waals surface area contributed by atoms with Crippen LogP contribution in [0, 0.1) is 13.8 Å². The molecule has 2 unspecified atom stereocenters. The van der Waals surface area contributed by atoms with Gasteiger partial charge in [0.15, 0.2) is 0 Å². The van der Waals surface area contributed by atoms with Crippen LogP contribution in [0.3, 0.4) is 0 Å². The van der Waals surface area contributed by atoms with Gasteiger partial charge in [-0.2, -0.15) is 0 Å². The molecule has 1 aromatic carbocycles. The van der Waals surface area contributed by atoms with Gasteiger partial charge in [-0.15, -0.1) is 0 Å². The molecule has 11 heteroatoms. The smallest absolute Gasteiger partial charge is 0.252 e. The highest BCUT2D eigenvalue weighted by atomic mass is 16.5. The molecule has 190 valence electrons. The van der Waals surface area contributed by atoms with Gasteiger partial charge in [0.1, 0.15) is 6.61 Å². The average molecular weight is 482 g/mol. The third-order valence-corrected chi connectivity index (χ3v) is 5.76. The second-order valence-electron chi connectivity index (χ2n) is 8.23. The number of amides is 3. The normalized spacial score (nSPS) is 16.1.